The highest BCUT2D eigenvalue weighted by molar-refractivity contribution is 5.84. The molecule has 2 rings (SSSR count). The highest BCUT2D eigenvalue weighted by Gasteiger charge is 2.64. The zero-order valence-electron chi connectivity index (χ0n) is 11.1. The van der Waals surface area contributed by atoms with E-state index in [0.717, 1.165) is 12.8 Å². The average Bonchev–Trinajstić information content (AvgIpc) is 3.21. The standard InChI is InChI=1S/C12H15F5N2O2/c13-11(14,12(15,16)17)10(21)19-5-3-8(4-6-19)18-9(20)7-1-2-7/h7-8H,1-6H2,(H,18,20). The molecule has 0 atom stereocenters. The van der Waals surface area contributed by atoms with Gasteiger partial charge in [-0.05, 0) is 25.7 Å². The maximum absolute atomic E-state index is 12.9. The quantitative estimate of drug-likeness (QED) is 0.806. The van der Waals surface area contributed by atoms with E-state index in [9.17, 15) is 31.5 Å². The Morgan fingerprint density at radius 2 is 1.48 bits per heavy atom. The number of hydrogen-bond donors (Lipinski definition) is 1. The lowest BCUT2D eigenvalue weighted by Gasteiger charge is -2.34. The highest BCUT2D eigenvalue weighted by Crippen LogP contribution is 2.37. The molecule has 2 fully saturated rings. The minimum atomic E-state index is -5.89. The van der Waals surface area contributed by atoms with Gasteiger partial charge in [0.05, 0.1) is 0 Å². The third kappa shape index (κ3) is 3.44. The lowest BCUT2D eigenvalue weighted by molar-refractivity contribution is -0.274. The van der Waals surface area contributed by atoms with Crippen molar-refractivity contribution in [3.63, 3.8) is 0 Å². The smallest absolute Gasteiger partial charge is 0.353 e. The van der Waals surface area contributed by atoms with Crippen molar-refractivity contribution in [2.75, 3.05) is 13.1 Å². The molecule has 1 saturated carbocycles. The zero-order valence-corrected chi connectivity index (χ0v) is 11.1. The van der Waals surface area contributed by atoms with Gasteiger partial charge < -0.3 is 10.2 Å². The van der Waals surface area contributed by atoms with E-state index in [1.54, 1.807) is 0 Å². The largest absolute Gasteiger partial charge is 0.463 e. The first-order valence-corrected chi connectivity index (χ1v) is 6.67. The summed E-state index contributed by atoms with van der Waals surface area (Å²) < 4.78 is 62.3. The number of nitrogens with one attached hydrogen (secondary N) is 1. The van der Waals surface area contributed by atoms with Crippen molar-refractivity contribution in [1.82, 2.24) is 10.2 Å². The van der Waals surface area contributed by atoms with Gasteiger partial charge in [0, 0.05) is 25.0 Å². The fourth-order valence-corrected chi connectivity index (χ4v) is 2.21. The first-order valence-electron chi connectivity index (χ1n) is 6.67. The molecule has 21 heavy (non-hydrogen) atoms. The van der Waals surface area contributed by atoms with E-state index in [0.29, 0.717) is 4.90 Å². The van der Waals surface area contributed by atoms with Crippen LogP contribution in [0.1, 0.15) is 25.7 Å². The van der Waals surface area contributed by atoms with Crippen molar-refractivity contribution in [2.45, 2.75) is 43.8 Å². The zero-order chi connectivity index (χ0) is 15.8. The molecule has 9 heteroatoms. The molecule has 0 aromatic carbocycles. The Morgan fingerprint density at radius 1 is 0.952 bits per heavy atom. The Balaban J connectivity index is 1.85. The van der Waals surface area contributed by atoms with Crippen LogP contribution in [0.15, 0.2) is 0 Å². The fourth-order valence-electron chi connectivity index (χ4n) is 2.21. The van der Waals surface area contributed by atoms with Crippen molar-refractivity contribution in [3.05, 3.63) is 0 Å². The third-order valence-corrected chi connectivity index (χ3v) is 3.70. The van der Waals surface area contributed by atoms with Crippen LogP contribution < -0.4 is 5.32 Å². The number of nitrogens with zero attached hydrogens (tertiary/aromatic N) is 1. The van der Waals surface area contributed by atoms with Crippen LogP contribution in [0.25, 0.3) is 0 Å². The van der Waals surface area contributed by atoms with Crippen LogP contribution in [-0.4, -0.2) is 47.9 Å². The van der Waals surface area contributed by atoms with Gasteiger partial charge in [-0.2, -0.15) is 22.0 Å². The van der Waals surface area contributed by atoms with Gasteiger partial charge >= 0.3 is 18.0 Å². The second kappa shape index (κ2) is 5.42. The molecule has 4 nitrogen and oxygen atoms in total. The van der Waals surface area contributed by atoms with Gasteiger partial charge in [0.1, 0.15) is 0 Å². The molecule has 120 valence electrons. The van der Waals surface area contributed by atoms with Crippen molar-refractivity contribution in [3.8, 4) is 0 Å². The van der Waals surface area contributed by atoms with Crippen LogP contribution in [0.4, 0.5) is 22.0 Å². The molecule has 1 aliphatic heterocycles. The van der Waals surface area contributed by atoms with Gasteiger partial charge in [-0.3, -0.25) is 9.59 Å². The van der Waals surface area contributed by atoms with E-state index in [1.807, 2.05) is 0 Å². The Hall–Kier alpha value is -1.41. The van der Waals surface area contributed by atoms with Gasteiger partial charge in [-0.1, -0.05) is 0 Å². The molecular weight excluding hydrogens is 299 g/mol. The first-order chi connectivity index (χ1) is 9.63. The number of amides is 2. The summed E-state index contributed by atoms with van der Waals surface area (Å²) in [5.41, 5.74) is 0. The summed E-state index contributed by atoms with van der Waals surface area (Å²) in [5, 5.41) is 2.72. The first kappa shape index (κ1) is 16.0. The number of hydrogen-bond acceptors (Lipinski definition) is 2. The molecule has 1 aliphatic carbocycles. The molecule has 0 aromatic heterocycles. The van der Waals surface area contributed by atoms with Gasteiger partial charge in [0.2, 0.25) is 5.91 Å². The van der Waals surface area contributed by atoms with E-state index >= 15 is 0 Å². The van der Waals surface area contributed by atoms with Crippen molar-refractivity contribution >= 4 is 11.8 Å². The fraction of sp³-hybridized carbons (Fsp3) is 0.833. The van der Waals surface area contributed by atoms with Gasteiger partial charge in [0.25, 0.3) is 0 Å². The van der Waals surface area contributed by atoms with Crippen LogP contribution in [0.5, 0.6) is 0 Å². The Morgan fingerprint density at radius 3 is 1.90 bits per heavy atom. The van der Waals surface area contributed by atoms with Crippen molar-refractivity contribution < 1.29 is 31.5 Å². The Labute approximate surface area is 117 Å². The number of halogens is 5. The topological polar surface area (TPSA) is 49.4 Å². The molecule has 0 bridgehead atoms. The van der Waals surface area contributed by atoms with Gasteiger partial charge in [-0.15, -0.1) is 0 Å². The third-order valence-electron chi connectivity index (χ3n) is 3.70. The van der Waals surface area contributed by atoms with Crippen LogP contribution in [-0.2, 0) is 9.59 Å². The minimum Gasteiger partial charge on any atom is -0.353 e. The molecule has 0 spiro atoms. The Kier molecular flexibility index (Phi) is 4.12. The molecule has 2 amide bonds. The maximum atomic E-state index is 12.9. The van der Waals surface area contributed by atoms with Crippen molar-refractivity contribution in [2.24, 2.45) is 5.92 Å². The lowest BCUT2D eigenvalue weighted by atomic mass is 10.0. The summed E-state index contributed by atoms with van der Waals surface area (Å²) >= 11 is 0. The van der Waals surface area contributed by atoms with Crippen LogP contribution >= 0.6 is 0 Å². The van der Waals surface area contributed by atoms with E-state index in [1.165, 1.54) is 0 Å². The predicted octanol–water partition coefficient (Wildman–Crippen LogP) is 1.70. The maximum Gasteiger partial charge on any atom is 0.463 e. The number of piperidine rings is 1. The molecule has 0 radical (unpaired) electrons. The van der Waals surface area contributed by atoms with E-state index < -0.39 is 18.0 Å². The van der Waals surface area contributed by atoms with Gasteiger partial charge in [-0.25, -0.2) is 0 Å². The molecular formula is C12H15F5N2O2. The SMILES string of the molecule is O=C(NC1CCN(C(=O)C(F)(F)C(F)(F)F)CC1)C1CC1. The second-order valence-electron chi connectivity index (χ2n) is 5.42. The predicted molar refractivity (Wildman–Crippen MR) is 61.5 cm³/mol. The van der Waals surface area contributed by atoms with E-state index in [-0.39, 0.29) is 43.8 Å². The van der Waals surface area contributed by atoms with Crippen LogP contribution in [0, 0.1) is 5.92 Å². The van der Waals surface area contributed by atoms with Crippen molar-refractivity contribution in [1.29, 1.82) is 0 Å². The molecule has 1 saturated heterocycles. The summed E-state index contributed by atoms with van der Waals surface area (Å²) in [6.07, 6.45) is -3.89. The summed E-state index contributed by atoms with van der Waals surface area (Å²) in [4.78, 5) is 23.3. The average molecular weight is 314 g/mol. The number of alkyl halides is 5. The van der Waals surface area contributed by atoms with Crippen LogP contribution in [0.3, 0.4) is 0 Å². The summed E-state index contributed by atoms with van der Waals surface area (Å²) in [5.74, 6) is -7.70. The second-order valence-corrected chi connectivity index (χ2v) is 5.42. The van der Waals surface area contributed by atoms with Gasteiger partial charge in [0.15, 0.2) is 0 Å². The Bertz CT molecular complexity index is 426. The molecule has 1 N–H and O–H groups in total. The van der Waals surface area contributed by atoms with E-state index in [2.05, 4.69) is 5.32 Å². The number of rotatable bonds is 3. The summed E-state index contributed by atoms with van der Waals surface area (Å²) in [6, 6.07) is -0.276. The number of carbonyl (C=O) groups is 2. The number of carbonyl (C=O) groups excluding carboxylic acids is 2. The lowest BCUT2D eigenvalue weighted by Crippen LogP contribution is -2.55. The molecule has 1 heterocycles. The van der Waals surface area contributed by atoms with E-state index in [4.69, 9.17) is 0 Å². The molecule has 2 aliphatic rings. The summed E-state index contributed by atoms with van der Waals surface area (Å²) in [6.45, 7) is -0.444. The number of likely N-dealkylation sites (tertiary alicyclic amines) is 1. The van der Waals surface area contributed by atoms with Crippen LogP contribution in [0.2, 0.25) is 0 Å². The molecule has 0 aromatic rings. The molecule has 0 unspecified atom stereocenters. The summed E-state index contributed by atoms with van der Waals surface area (Å²) in [7, 11) is 0. The normalized spacial score (nSPS) is 21.3. The highest BCUT2D eigenvalue weighted by atomic mass is 19.4. The monoisotopic (exact) mass is 314 g/mol. The minimum absolute atomic E-state index is 0.000718.